The standard InChI is InChI=1S/C26H21N7OS2/c1-16-10-12-17(13-11-16)18-14-19(29-28-18)25-30-31-26(33(25)27)35-15-24(34)32-20-6-2-4-8-22(20)36-23-9-5-3-7-21(23)32/h2-14H,15,27H2,1H3,(H,28,29). The van der Waals surface area contributed by atoms with Crippen molar-refractivity contribution < 1.29 is 4.79 Å². The van der Waals surface area contributed by atoms with Gasteiger partial charge >= 0.3 is 0 Å². The maximum absolute atomic E-state index is 13.5. The van der Waals surface area contributed by atoms with E-state index in [4.69, 9.17) is 5.84 Å². The summed E-state index contributed by atoms with van der Waals surface area (Å²) < 4.78 is 1.39. The molecule has 0 aliphatic carbocycles. The molecular weight excluding hydrogens is 490 g/mol. The van der Waals surface area contributed by atoms with Crippen LogP contribution in [0, 0.1) is 6.92 Å². The molecule has 0 atom stereocenters. The Morgan fingerprint density at radius 2 is 1.64 bits per heavy atom. The third-order valence-electron chi connectivity index (χ3n) is 5.84. The van der Waals surface area contributed by atoms with Crippen molar-refractivity contribution in [2.45, 2.75) is 21.9 Å². The number of thioether (sulfide) groups is 1. The average Bonchev–Trinajstić information content (AvgIpc) is 3.53. The average molecular weight is 512 g/mol. The molecule has 3 N–H and O–H groups in total. The summed E-state index contributed by atoms with van der Waals surface area (Å²) in [5, 5.41) is 16.3. The summed E-state index contributed by atoms with van der Waals surface area (Å²) in [4.78, 5) is 17.3. The van der Waals surface area contributed by atoms with Gasteiger partial charge in [-0.2, -0.15) is 5.10 Å². The summed E-state index contributed by atoms with van der Waals surface area (Å²) in [5.74, 6) is 6.85. The smallest absolute Gasteiger partial charge is 0.242 e. The fourth-order valence-electron chi connectivity index (χ4n) is 4.03. The number of aromatic nitrogens is 5. The second-order valence-electron chi connectivity index (χ2n) is 8.26. The maximum atomic E-state index is 13.5. The second-order valence-corrected chi connectivity index (χ2v) is 10.3. The van der Waals surface area contributed by atoms with Gasteiger partial charge in [0.15, 0.2) is 0 Å². The van der Waals surface area contributed by atoms with E-state index in [-0.39, 0.29) is 11.7 Å². The lowest BCUT2D eigenvalue weighted by Gasteiger charge is -2.30. The van der Waals surface area contributed by atoms with Crippen molar-refractivity contribution in [2.24, 2.45) is 0 Å². The number of hydrogen-bond donors (Lipinski definition) is 2. The minimum Gasteiger partial charge on any atom is -0.335 e. The summed E-state index contributed by atoms with van der Waals surface area (Å²) >= 11 is 2.92. The zero-order valence-corrected chi connectivity index (χ0v) is 20.9. The molecule has 3 aromatic carbocycles. The van der Waals surface area contributed by atoms with E-state index in [0.29, 0.717) is 16.7 Å². The third kappa shape index (κ3) is 4.04. The molecule has 36 heavy (non-hydrogen) atoms. The van der Waals surface area contributed by atoms with Crippen LogP contribution >= 0.6 is 23.5 Å². The van der Waals surface area contributed by atoms with Crippen LogP contribution in [0.2, 0.25) is 0 Å². The number of rotatable bonds is 5. The molecule has 2 aromatic heterocycles. The highest BCUT2D eigenvalue weighted by molar-refractivity contribution is 8.00. The lowest BCUT2D eigenvalue weighted by Crippen LogP contribution is -2.30. The maximum Gasteiger partial charge on any atom is 0.242 e. The third-order valence-corrected chi connectivity index (χ3v) is 7.90. The van der Waals surface area contributed by atoms with Gasteiger partial charge in [-0.05, 0) is 37.3 Å². The monoisotopic (exact) mass is 511 g/mol. The number of nitrogens with one attached hydrogen (secondary N) is 1. The summed E-state index contributed by atoms with van der Waals surface area (Å²) in [7, 11) is 0. The Labute approximate surface area is 215 Å². The molecule has 6 rings (SSSR count). The minimum absolute atomic E-state index is 0.0621. The van der Waals surface area contributed by atoms with Crippen LogP contribution in [0.1, 0.15) is 5.56 Å². The van der Waals surface area contributed by atoms with Gasteiger partial charge in [0.25, 0.3) is 0 Å². The number of aromatic amines is 1. The first-order chi connectivity index (χ1) is 17.6. The van der Waals surface area contributed by atoms with Crippen LogP contribution in [-0.2, 0) is 4.79 Å². The van der Waals surface area contributed by atoms with Crippen LogP contribution in [0.3, 0.4) is 0 Å². The number of hydrogen-bond acceptors (Lipinski definition) is 7. The number of nitrogen functional groups attached to an aromatic ring is 1. The number of amides is 1. The van der Waals surface area contributed by atoms with Gasteiger partial charge < -0.3 is 5.84 Å². The van der Waals surface area contributed by atoms with Gasteiger partial charge in [-0.25, -0.2) is 4.68 Å². The van der Waals surface area contributed by atoms with Gasteiger partial charge in [-0.3, -0.25) is 14.8 Å². The van der Waals surface area contributed by atoms with Crippen molar-refractivity contribution in [1.29, 1.82) is 0 Å². The van der Waals surface area contributed by atoms with Crippen molar-refractivity contribution in [3.63, 3.8) is 0 Å². The van der Waals surface area contributed by atoms with Gasteiger partial charge in [-0.1, -0.05) is 77.6 Å². The number of H-pyrrole nitrogens is 1. The molecule has 0 radical (unpaired) electrons. The highest BCUT2D eigenvalue weighted by Gasteiger charge is 2.28. The Morgan fingerprint density at radius 3 is 2.33 bits per heavy atom. The molecule has 178 valence electrons. The van der Waals surface area contributed by atoms with Crippen molar-refractivity contribution in [3.8, 4) is 22.8 Å². The Hall–Kier alpha value is -4.02. The van der Waals surface area contributed by atoms with Gasteiger partial charge in [-0.15, -0.1) is 10.2 Å². The minimum atomic E-state index is -0.0621. The number of carbonyl (C=O) groups excluding carboxylic acids is 1. The highest BCUT2D eigenvalue weighted by atomic mass is 32.2. The van der Waals surface area contributed by atoms with E-state index in [1.807, 2.05) is 85.8 Å². The molecule has 1 aliphatic heterocycles. The zero-order valence-electron chi connectivity index (χ0n) is 19.3. The van der Waals surface area contributed by atoms with Gasteiger partial charge in [0.1, 0.15) is 5.69 Å². The summed E-state index contributed by atoms with van der Waals surface area (Å²) in [6.45, 7) is 2.04. The van der Waals surface area contributed by atoms with E-state index in [1.165, 1.54) is 22.0 Å². The second kappa shape index (κ2) is 9.21. The number of benzene rings is 3. The zero-order chi connectivity index (χ0) is 24.6. The topological polar surface area (TPSA) is 106 Å². The van der Waals surface area contributed by atoms with E-state index < -0.39 is 0 Å². The van der Waals surface area contributed by atoms with Crippen LogP contribution in [-0.4, -0.2) is 36.7 Å². The van der Waals surface area contributed by atoms with Crippen molar-refractivity contribution in [2.75, 3.05) is 16.5 Å². The molecule has 1 aliphatic rings. The summed E-state index contributed by atoms with van der Waals surface area (Å²) in [5.41, 5.74) is 5.37. The van der Waals surface area contributed by atoms with Crippen LogP contribution < -0.4 is 10.7 Å². The lowest BCUT2D eigenvalue weighted by atomic mass is 10.1. The van der Waals surface area contributed by atoms with Crippen molar-refractivity contribution in [3.05, 3.63) is 84.4 Å². The molecule has 0 saturated carbocycles. The molecule has 0 bridgehead atoms. The largest absolute Gasteiger partial charge is 0.335 e. The predicted molar refractivity (Wildman–Crippen MR) is 143 cm³/mol. The lowest BCUT2D eigenvalue weighted by molar-refractivity contribution is -0.115. The summed E-state index contributed by atoms with van der Waals surface area (Å²) in [6, 6.07) is 25.8. The quantitative estimate of drug-likeness (QED) is 0.244. The van der Waals surface area contributed by atoms with Crippen LogP contribution in [0.15, 0.2) is 93.8 Å². The van der Waals surface area contributed by atoms with E-state index in [9.17, 15) is 4.79 Å². The van der Waals surface area contributed by atoms with Crippen LogP contribution in [0.5, 0.6) is 0 Å². The van der Waals surface area contributed by atoms with Gasteiger partial charge in [0.05, 0.1) is 22.8 Å². The molecule has 5 aromatic rings. The number of nitrogens with zero attached hydrogens (tertiary/aromatic N) is 5. The molecule has 1 amide bonds. The van der Waals surface area contributed by atoms with Crippen LogP contribution in [0.25, 0.3) is 22.8 Å². The van der Waals surface area contributed by atoms with Gasteiger partial charge in [0.2, 0.25) is 16.9 Å². The van der Waals surface area contributed by atoms with E-state index >= 15 is 0 Å². The fraction of sp³-hybridized carbons (Fsp3) is 0.0769. The Bertz CT molecular complexity index is 1530. The number of anilines is 2. The van der Waals surface area contributed by atoms with Gasteiger partial charge in [0, 0.05) is 15.4 Å². The Kier molecular flexibility index (Phi) is 5.74. The molecule has 0 fully saturated rings. The Morgan fingerprint density at radius 1 is 0.972 bits per heavy atom. The number of aryl methyl sites for hydroxylation is 1. The number of para-hydroxylation sites is 2. The normalized spacial score (nSPS) is 12.3. The fourth-order valence-corrected chi connectivity index (χ4v) is 5.80. The molecule has 8 nitrogen and oxygen atoms in total. The van der Waals surface area contributed by atoms with E-state index in [2.05, 4.69) is 20.4 Å². The highest BCUT2D eigenvalue weighted by Crippen LogP contribution is 2.48. The predicted octanol–water partition coefficient (Wildman–Crippen LogP) is 5.28. The first kappa shape index (κ1) is 22.4. The van der Waals surface area contributed by atoms with Crippen molar-refractivity contribution >= 4 is 40.8 Å². The van der Waals surface area contributed by atoms with Crippen LogP contribution in [0.4, 0.5) is 11.4 Å². The van der Waals surface area contributed by atoms with E-state index in [1.54, 1.807) is 16.7 Å². The van der Waals surface area contributed by atoms with Crippen molar-refractivity contribution in [1.82, 2.24) is 25.1 Å². The molecule has 3 heterocycles. The molecular formula is C26H21N7OS2. The molecule has 10 heteroatoms. The molecule has 0 saturated heterocycles. The number of carbonyl (C=O) groups is 1. The Balaban J connectivity index is 1.22. The first-order valence-electron chi connectivity index (χ1n) is 11.2. The number of nitrogens with two attached hydrogens (primary N) is 1. The van der Waals surface area contributed by atoms with E-state index in [0.717, 1.165) is 32.4 Å². The molecule has 0 unspecified atom stereocenters. The SMILES string of the molecule is Cc1ccc(-c2cc(-c3nnc(SCC(=O)N4c5ccccc5Sc5ccccc54)n3N)[nH]n2)cc1. The first-order valence-corrected chi connectivity index (χ1v) is 13.0. The summed E-state index contributed by atoms with van der Waals surface area (Å²) in [6.07, 6.45) is 0. The molecule has 0 spiro atoms. The number of fused-ring (bicyclic) bond motifs is 2.